The number of aryl methyl sites for hydroxylation is 2. The lowest BCUT2D eigenvalue weighted by molar-refractivity contribution is 0.103. The molecule has 1 amide bonds. The molecule has 0 spiro atoms. The van der Waals surface area contributed by atoms with Crippen LogP contribution in [0.25, 0.3) is 10.2 Å². The van der Waals surface area contributed by atoms with Gasteiger partial charge in [0.15, 0.2) is 0 Å². The maximum atomic E-state index is 12.5. The van der Waals surface area contributed by atoms with Gasteiger partial charge in [0.1, 0.15) is 15.7 Å². The molecule has 0 saturated carbocycles. The Balaban J connectivity index is 1.99. The van der Waals surface area contributed by atoms with Gasteiger partial charge in [-0.15, -0.1) is 21.5 Å². The fourth-order valence-electron chi connectivity index (χ4n) is 2.28. The Labute approximate surface area is 145 Å². The van der Waals surface area contributed by atoms with E-state index >= 15 is 0 Å². The number of rotatable bonds is 4. The van der Waals surface area contributed by atoms with E-state index < -0.39 is 0 Å². The molecular weight excluding hydrogens is 348 g/mol. The molecule has 0 fully saturated rings. The van der Waals surface area contributed by atoms with Crippen molar-refractivity contribution in [2.45, 2.75) is 20.4 Å². The molecule has 0 atom stereocenters. The second kappa shape index (κ2) is 6.38. The molecule has 0 aliphatic heterocycles. The van der Waals surface area contributed by atoms with E-state index in [0.717, 1.165) is 5.01 Å². The maximum Gasteiger partial charge on any atom is 0.267 e. The van der Waals surface area contributed by atoms with Gasteiger partial charge in [0.05, 0.1) is 16.8 Å². The highest BCUT2D eigenvalue weighted by Crippen LogP contribution is 2.28. The molecule has 126 valence electrons. The van der Waals surface area contributed by atoms with Gasteiger partial charge in [-0.25, -0.2) is 4.98 Å². The van der Waals surface area contributed by atoms with Crippen LogP contribution in [0.1, 0.15) is 26.1 Å². The van der Waals surface area contributed by atoms with Gasteiger partial charge >= 0.3 is 0 Å². The number of aromatic amines is 1. The smallest absolute Gasteiger partial charge is 0.267 e. The summed E-state index contributed by atoms with van der Waals surface area (Å²) < 4.78 is 0. The Morgan fingerprint density at radius 2 is 2.00 bits per heavy atom. The molecule has 0 aliphatic rings. The molecule has 24 heavy (non-hydrogen) atoms. The van der Waals surface area contributed by atoms with Crippen LogP contribution in [0.5, 0.6) is 0 Å². The summed E-state index contributed by atoms with van der Waals surface area (Å²) in [5.41, 5.74) is 0.398. The van der Waals surface area contributed by atoms with Crippen LogP contribution in [-0.4, -0.2) is 45.1 Å². The highest BCUT2D eigenvalue weighted by atomic mass is 32.1. The Morgan fingerprint density at radius 1 is 1.25 bits per heavy atom. The number of hydrogen-bond donors (Lipinski definition) is 2. The summed E-state index contributed by atoms with van der Waals surface area (Å²) in [6, 6.07) is 0. The molecule has 0 bridgehead atoms. The predicted octanol–water partition coefficient (Wildman–Crippen LogP) is 1.77. The number of carbonyl (C=O) groups excluding carboxylic acids is 1. The third-order valence-electron chi connectivity index (χ3n) is 3.27. The minimum Gasteiger partial charge on any atom is -0.309 e. The molecule has 3 aromatic heterocycles. The van der Waals surface area contributed by atoms with E-state index in [9.17, 15) is 9.59 Å². The number of aromatic nitrogens is 4. The number of nitrogens with zero attached hydrogens (tertiary/aromatic N) is 4. The fourth-order valence-corrected chi connectivity index (χ4v) is 3.96. The molecule has 0 saturated heterocycles. The number of amides is 1. The van der Waals surface area contributed by atoms with E-state index in [1.165, 1.54) is 22.7 Å². The molecular formula is C14H16N6O2S2. The van der Waals surface area contributed by atoms with Crippen LogP contribution in [0.2, 0.25) is 0 Å². The zero-order valence-electron chi connectivity index (χ0n) is 13.6. The van der Waals surface area contributed by atoms with Crippen LogP contribution in [0, 0.1) is 13.8 Å². The summed E-state index contributed by atoms with van der Waals surface area (Å²) >= 11 is 2.51. The van der Waals surface area contributed by atoms with Crippen LogP contribution < -0.4 is 10.9 Å². The van der Waals surface area contributed by atoms with Gasteiger partial charge in [-0.1, -0.05) is 11.3 Å². The second-order valence-electron chi connectivity index (χ2n) is 5.57. The molecule has 8 nitrogen and oxygen atoms in total. The van der Waals surface area contributed by atoms with Crippen molar-refractivity contribution in [2.24, 2.45) is 0 Å². The largest absolute Gasteiger partial charge is 0.309 e. The lowest BCUT2D eigenvalue weighted by atomic mass is 10.2. The number of thiophene rings is 1. The zero-order valence-corrected chi connectivity index (χ0v) is 15.3. The van der Waals surface area contributed by atoms with Gasteiger partial charge in [-0.05, 0) is 33.5 Å². The molecule has 0 aromatic carbocycles. The monoisotopic (exact) mass is 364 g/mol. The lowest BCUT2D eigenvalue weighted by Crippen LogP contribution is -2.18. The van der Waals surface area contributed by atoms with E-state index in [4.69, 9.17) is 0 Å². The van der Waals surface area contributed by atoms with Gasteiger partial charge in [0.25, 0.3) is 11.5 Å². The number of H-pyrrole nitrogens is 1. The summed E-state index contributed by atoms with van der Waals surface area (Å²) in [7, 11) is 3.79. The number of fused-ring (bicyclic) bond motifs is 1. The van der Waals surface area contributed by atoms with E-state index in [2.05, 4.69) is 25.5 Å². The van der Waals surface area contributed by atoms with Crippen LogP contribution >= 0.6 is 22.7 Å². The first-order valence-corrected chi connectivity index (χ1v) is 8.77. The van der Waals surface area contributed by atoms with Crippen LogP contribution in [0.4, 0.5) is 5.13 Å². The Kier molecular flexibility index (Phi) is 4.43. The van der Waals surface area contributed by atoms with Gasteiger partial charge in [-0.3, -0.25) is 14.9 Å². The molecule has 0 unspecified atom stereocenters. The fraction of sp³-hybridized carbons (Fsp3) is 0.357. The molecule has 0 aliphatic carbocycles. The summed E-state index contributed by atoms with van der Waals surface area (Å²) in [6.07, 6.45) is 0. The third-order valence-corrected chi connectivity index (χ3v) is 5.21. The lowest BCUT2D eigenvalue weighted by Gasteiger charge is -2.07. The Morgan fingerprint density at radius 3 is 2.62 bits per heavy atom. The summed E-state index contributed by atoms with van der Waals surface area (Å²) in [4.78, 5) is 35.0. The molecule has 0 radical (unpaired) electrons. The van der Waals surface area contributed by atoms with Crippen LogP contribution in [0.15, 0.2) is 4.79 Å². The van der Waals surface area contributed by atoms with Gasteiger partial charge in [-0.2, -0.15) is 0 Å². The number of anilines is 1. The average molecular weight is 364 g/mol. The SMILES string of the molecule is Cc1nnc(NC(=O)c2sc3nc(CN(C)C)[nH]c(=O)c3c2C)s1. The molecule has 3 rings (SSSR count). The van der Waals surface area contributed by atoms with Crippen molar-refractivity contribution in [3.05, 3.63) is 31.6 Å². The van der Waals surface area contributed by atoms with E-state index in [1.807, 2.05) is 25.9 Å². The van der Waals surface area contributed by atoms with Crippen molar-refractivity contribution in [3.63, 3.8) is 0 Å². The Bertz CT molecular complexity index is 971. The molecule has 3 heterocycles. The minimum absolute atomic E-state index is 0.226. The highest BCUT2D eigenvalue weighted by molar-refractivity contribution is 7.21. The van der Waals surface area contributed by atoms with Gasteiger partial charge in [0, 0.05) is 0 Å². The van der Waals surface area contributed by atoms with Crippen molar-refractivity contribution < 1.29 is 4.79 Å². The predicted molar refractivity (Wildman–Crippen MR) is 95.0 cm³/mol. The number of nitrogens with one attached hydrogen (secondary N) is 2. The first-order valence-electron chi connectivity index (χ1n) is 7.13. The summed E-state index contributed by atoms with van der Waals surface area (Å²) in [6.45, 7) is 4.09. The summed E-state index contributed by atoms with van der Waals surface area (Å²) in [5, 5.41) is 12.1. The van der Waals surface area contributed by atoms with E-state index in [0.29, 0.717) is 38.2 Å². The number of carbonyl (C=O) groups is 1. The van der Waals surface area contributed by atoms with E-state index in [-0.39, 0.29) is 11.5 Å². The maximum absolute atomic E-state index is 12.5. The molecule has 2 N–H and O–H groups in total. The topological polar surface area (TPSA) is 104 Å². The van der Waals surface area contributed by atoms with Gasteiger partial charge in [0.2, 0.25) is 5.13 Å². The van der Waals surface area contributed by atoms with Gasteiger partial charge < -0.3 is 9.88 Å². The standard InChI is InChI=1S/C14H16N6O2S2/c1-6-9-11(21)15-8(5-20(3)4)16-13(9)24-10(6)12(22)17-14-19-18-7(2)23-14/h5H2,1-4H3,(H,15,16,21)(H,17,19,22). The average Bonchev–Trinajstić information content (AvgIpc) is 3.02. The molecule has 10 heteroatoms. The van der Waals surface area contributed by atoms with Crippen molar-refractivity contribution in [1.82, 2.24) is 25.1 Å². The van der Waals surface area contributed by atoms with Crippen molar-refractivity contribution in [2.75, 3.05) is 19.4 Å². The van der Waals surface area contributed by atoms with Crippen molar-refractivity contribution in [3.8, 4) is 0 Å². The second-order valence-corrected chi connectivity index (χ2v) is 7.75. The third kappa shape index (κ3) is 3.21. The summed E-state index contributed by atoms with van der Waals surface area (Å²) in [5.74, 6) is 0.269. The quantitative estimate of drug-likeness (QED) is 0.731. The zero-order chi connectivity index (χ0) is 17.4. The first kappa shape index (κ1) is 16.7. The normalized spacial score (nSPS) is 11.4. The van der Waals surface area contributed by atoms with Crippen molar-refractivity contribution in [1.29, 1.82) is 0 Å². The minimum atomic E-state index is -0.305. The number of hydrogen-bond acceptors (Lipinski definition) is 8. The van der Waals surface area contributed by atoms with Crippen LogP contribution in [0.3, 0.4) is 0 Å². The highest BCUT2D eigenvalue weighted by Gasteiger charge is 2.20. The van der Waals surface area contributed by atoms with Crippen molar-refractivity contribution >= 4 is 43.9 Å². The van der Waals surface area contributed by atoms with E-state index in [1.54, 1.807) is 6.92 Å². The Hall–Kier alpha value is -2.17. The van der Waals surface area contributed by atoms with Crippen LogP contribution in [-0.2, 0) is 6.54 Å². The molecule has 3 aromatic rings. The first-order chi connectivity index (χ1) is 11.3.